The van der Waals surface area contributed by atoms with Gasteiger partial charge in [0.1, 0.15) is 6.54 Å². The van der Waals surface area contributed by atoms with Gasteiger partial charge in [0.05, 0.1) is 19.3 Å². The lowest BCUT2D eigenvalue weighted by Gasteiger charge is -2.41. The van der Waals surface area contributed by atoms with Crippen molar-refractivity contribution < 1.29 is 14.3 Å². The number of nitrogens with zero attached hydrogens (tertiary/aromatic N) is 3. The SMILES string of the molecule is CN(C)C(=O)CN=C(NCC1CCCO1)NCC(C)(C)N1CCOCC1.I. The summed E-state index contributed by atoms with van der Waals surface area (Å²) >= 11 is 0. The van der Waals surface area contributed by atoms with Gasteiger partial charge in [0.15, 0.2) is 5.96 Å². The van der Waals surface area contributed by atoms with E-state index in [1.54, 1.807) is 19.0 Å². The summed E-state index contributed by atoms with van der Waals surface area (Å²) in [5.74, 6) is 0.646. The molecule has 2 N–H and O–H groups in total. The molecule has 1 atom stereocenters. The Kier molecular flexibility index (Phi) is 10.9. The first-order chi connectivity index (χ1) is 12.4. The molecule has 2 saturated heterocycles. The van der Waals surface area contributed by atoms with Crippen molar-refractivity contribution in [2.24, 2.45) is 4.99 Å². The van der Waals surface area contributed by atoms with Gasteiger partial charge in [-0.15, -0.1) is 24.0 Å². The van der Waals surface area contributed by atoms with E-state index < -0.39 is 0 Å². The lowest BCUT2D eigenvalue weighted by atomic mass is 10.0. The zero-order valence-corrected chi connectivity index (χ0v) is 19.5. The molecule has 27 heavy (non-hydrogen) atoms. The summed E-state index contributed by atoms with van der Waals surface area (Å²) in [7, 11) is 3.48. The highest BCUT2D eigenvalue weighted by Crippen LogP contribution is 2.15. The highest BCUT2D eigenvalue weighted by atomic mass is 127. The van der Waals surface area contributed by atoms with Crippen molar-refractivity contribution >= 4 is 35.8 Å². The van der Waals surface area contributed by atoms with Crippen LogP contribution >= 0.6 is 24.0 Å². The Morgan fingerprint density at radius 3 is 2.52 bits per heavy atom. The second-order valence-corrected chi connectivity index (χ2v) is 7.73. The van der Waals surface area contributed by atoms with E-state index in [0.717, 1.165) is 52.3 Å². The largest absolute Gasteiger partial charge is 0.379 e. The van der Waals surface area contributed by atoms with Crippen LogP contribution in [0.2, 0.25) is 0 Å². The molecule has 0 saturated carbocycles. The van der Waals surface area contributed by atoms with E-state index in [-0.39, 0.29) is 48.1 Å². The van der Waals surface area contributed by atoms with Crippen LogP contribution in [0.1, 0.15) is 26.7 Å². The molecule has 8 nitrogen and oxygen atoms in total. The first-order valence-electron chi connectivity index (χ1n) is 9.55. The highest BCUT2D eigenvalue weighted by Gasteiger charge is 2.28. The predicted molar refractivity (Wildman–Crippen MR) is 118 cm³/mol. The third-order valence-electron chi connectivity index (χ3n) is 4.95. The average Bonchev–Trinajstić information content (AvgIpc) is 3.15. The van der Waals surface area contributed by atoms with Crippen LogP contribution in [0.25, 0.3) is 0 Å². The lowest BCUT2D eigenvalue weighted by Crippen LogP contribution is -2.56. The summed E-state index contributed by atoms with van der Waals surface area (Å²) in [6, 6.07) is 0. The van der Waals surface area contributed by atoms with Crippen LogP contribution in [-0.2, 0) is 14.3 Å². The summed E-state index contributed by atoms with van der Waals surface area (Å²) in [6.45, 7) is 10.3. The van der Waals surface area contributed by atoms with Gasteiger partial charge in [0.25, 0.3) is 0 Å². The molecule has 2 aliphatic heterocycles. The van der Waals surface area contributed by atoms with E-state index >= 15 is 0 Å². The van der Waals surface area contributed by atoms with Crippen LogP contribution < -0.4 is 10.6 Å². The lowest BCUT2D eigenvalue weighted by molar-refractivity contribution is -0.127. The monoisotopic (exact) mass is 497 g/mol. The number of nitrogens with one attached hydrogen (secondary N) is 2. The molecule has 158 valence electrons. The van der Waals surface area contributed by atoms with Crippen LogP contribution in [0.5, 0.6) is 0 Å². The first-order valence-corrected chi connectivity index (χ1v) is 9.55. The van der Waals surface area contributed by atoms with Crippen molar-refractivity contribution in [3.63, 3.8) is 0 Å². The maximum Gasteiger partial charge on any atom is 0.243 e. The zero-order valence-electron chi connectivity index (χ0n) is 17.1. The molecule has 0 spiro atoms. The van der Waals surface area contributed by atoms with Crippen LogP contribution in [0.3, 0.4) is 0 Å². The van der Waals surface area contributed by atoms with E-state index in [9.17, 15) is 4.79 Å². The van der Waals surface area contributed by atoms with Gasteiger partial charge in [-0.2, -0.15) is 0 Å². The van der Waals surface area contributed by atoms with Crippen LogP contribution in [-0.4, -0.2) is 99.9 Å². The van der Waals surface area contributed by atoms with Gasteiger partial charge in [0.2, 0.25) is 5.91 Å². The summed E-state index contributed by atoms with van der Waals surface area (Å²) < 4.78 is 11.1. The summed E-state index contributed by atoms with van der Waals surface area (Å²) in [5.41, 5.74) is -0.0261. The van der Waals surface area contributed by atoms with E-state index in [2.05, 4.69) is 34.4 Å². The van der Waals surface area contributed by atoms with Crippen LogP contribution in [0, 0.1) is 0 Å². The fraction of sp³-hybridized carbons (Fsp3) is 0.889. The van der Waals surface area contributed by atoms with Crippen molar-refractivity contribution in [3.8, 4) is 0 Å². The number of rotatable bonds is 7. The predicted octanol–water partition coefficient (Wildman–Crippen LogP) is 0.518. The Morgan fingerprint density at radius 1 is 1.22 bits per heavy atom. The van der Waals surface area contributed by atoms with Crippen molar-refractivity contribution in [2.75, 3.05) is 66.6 Å². The molecule has 0 aliphatic carbocycles. The minimum absolute atomic E-state index is 0. The number of likely N-dealkylation sites (N-methyl/N-ethyl adjacent to an activating group) is 1. The Bertz CT molecular complexity index is 476. The molecule has 0 radical (unpaired) electrons. The van der Waals surface area contributed by atoms with E-state index in [0.29, 0.717) is 12.5 Å². The number of carbonyl (C=O) groups is 1. The first kappa shape index (κ1) is 24.4. The van der Waals surface area contributed by atoms with Gasteiger partial charge in [-0.25, -0.2) is 4.99 Å². The number of morpholine rings is 1. The van der Waals surface area contributed by atoms with Gasteiger partial charge in [-0.1, -0.05) is 0 Å². The Hall–Kier alpha value is -0.650. The minimum Gasteiger partial charge on any atom is -0.379 e. The zero-order chi connectivity index (χ0) is 19.0. The number of halogens is 1. The summed E-state index contributed by atoms with van der Waals surface area (Å²) in [6.07, 6.45) is 2.39. The van der Waals surface area contributed by atoms with Gasteiger partial charge >= 0.3 is 0 Å². The third-order valence-corrected chi connectivity index (χ3v) is 4.95. The fourth-order valence-electron chi connectivity index (χ4n) is 3.06. The molecule has 2 fully saturated rings. The molecule has 2 aliphatic rings. The van der Waals surface area contributed by atoms with E-state index in [4.69, 9.17) is 9.47 Å². The molecule has 2 heterocycles. The minimum atomic E-state index is -0.0261. The normalized spacial score (nSPS) is 21.5. The second kappa shape index (κ2) is 12.0. The number of guanidine groups is 1. The number of hydrogen-bond donors (Lipinski definition) is 2. The number of ether oxygens (including phenoxy) is 2. The molecule has 0 aromatic carbocycles. The Labute approximate surface area is 180 Å². The number of carbonyl (C=O) groups excluding carboxylic acids is 1. The topological polar surface area (TPSA) is 78.4 Å². The fourth-order valence-corrected chi connectivity index (χ4v) is 3.06. The Morgan fingerprint density at radius 2 is 1.93 bits per heavy atom. The maximum absolute atomic E-state index is 11.9. The van der Waals surface area contributed by atoms with Crippen molar-refractivity contribution in [2.45, 2.75) is 38.3 Å². The second-order valence-electron chi connectivity index (χ2n) is 7.73. The van der Waals surface area contributed by atoms with Crippen LogP contribution in [0.15, 0.2) is 4.99 Å². The molecular weight excluding hydrogens is 461 g/mol. The van der Waals surface area contributed by atoms with Crippen LogP contribution in [0.4, 0.5) is 0 Å². The molecule has 1 unspecified atom stereocenters. The van der Waals surface area contributed by atoms with Gasteiger partial charge in [-0.05, 0) is 26.7 Å². The number of hydrogen-bond acceptors (Lipinski definition) is 5. The van der Waals surface area contributed by atoms with E-state index in [1.807, 2.05) is 0 Å². The van der Waals surface area contributed by atoms with Crippen molar-refractivity contribution in [3.05, 3.63) is 0 Å². The standard InChI is InChI=1S/C18H35N5O3.HI/c1-18(2,23-7-10-25-11-8-23)14-21-17(20-13-16(24)22(3)4)19-12-15-6-5-9-26-15;/h15H,5-14H2,1-4H3,(H2,19,20,21);1H. The highest BCUT2D eigenvalue weighted by molar-refractivity contribution is 14.0. The van der Waals surface area contributed by atoms with Crippen molar-refractivity contribution in [1.29, 1.82) is 0 Å². The molecule has 9 heteroatoms. The maximum atomic E-state index is 11.9. The molecule has 0 bridgehead atoms. The van der Waals surface area contributed by atoms with E-state index in [1.165, 1.54) is 0 Å². The molecule has 0 aromatic heterocycles. The van der Waals surface area contributed by atoms with Gasteiger partial charge in [0, 0.05) is 52.4 Å². The average molecular weight is 497 g/mol. The molecule has 1 amide bonds. The Balaban J connectivity index is 0.00000364. The summed E-state index contributed by atoms with van der Waals surface area (Å²) in [4.78, 5) is 20.3. The van der Waals surface area contributed by atoms with Gasteiger partial charge in [-0.3, -0.25) is 9.69 Å². The molecule has 0 aromatic rings. The molecule has 2 rings (SSSR count). The quantitative estimate of drug-likeness (QED) is 0.304. The number of amides is 1. The molecular formula is C18H36IN5O3. The summed E-state index contributed by atoms with van der Waals surface area (Å²) in [5, 5.41) is 6.74. The third kappa shape index (κ3) is 8.49. The van der Waals surface area contributed by atoms with Crippen molar-refractivity contribution in [1.82, 2.24) is 20.4 Å². The number of aliphatic imine (C=N–C) groups is 1. The smallest absolute Gasteiger partial charge is 0.243 e. The van der Waals surface area contributed by atoms with Gasteiger partial charge < -0.3 is 25.0 Å².